The fraction of sp³-hybridized carbons (Fsp3) is 0.231. The number of aryl methyl sites for hydroxylation is 2. The minimum absolute atomic E-state index is 0.0738. The molecule has 1 heterocycles. The van der Waals surface area contributed by atoms with E-state index >= 15 is 0 Å². The van der Waals surface area contributed by atoms with Gasteiger partial charge in [0.15, 0.2) is 0 Å². The van der Waals surface area contributed by atoms with E-state index in [4.69, 9.17) is 17.3 Å². The SMILES string of the molecule is Cc1nn(CCC(=O)Nc2cc(N)ccc2F)cc1Cl. The Morgan fingerprint density at radius 1 is 1.55 bits per heavy atom. The predicted octanol–water partition coefficient (Wildman–Crippen LogP) is 2.60. The van der Waals surface area contributed by atoms with E-state index in [2.05, 4.69) is 10.4 Å². The number of carbonyl (C=O) groups excluding carboxylic acids is 1. The van der Waals surface area contributed by atoms with E-state index in [9.17, 15) is 9.18 Å². The van der Waals surface area contributed by atoms with Gasteiger partial charge in [-0.2, -0.15) is 5.10 Å². The first-order valence-corrected chi connectivity index (χ1v) is 6.38. The van der Waals surface area contributed by atoms with Gasteiger partial charge in [-0.05, 0) is 25.1 Å². The van der Waals surface area contributed by atoms with Crippen LogP contribution in [0.3, 0.4) is 0 Å². The molecule has 0 aliphatic rings. The van der Waals surface area contributed by atoms with Crippen molar-refractivity contribution in [2.24, 2.45) is 0 Å². The summed E-state index contributed by atoms with van der Waals surface area (Å²) in [7, 11) is 0. The monoisotopic (exact) mass is 296 g/mol. The summed E-state index contributed by atoms with van der Waals surface area (Å²) in [6, 6.07) is 4.02. The average Bonchev–Trinajstić information content (AvgIpc) is 2.71. The number of hydrogen-bond acceptors (Lipinski definition) is 3. The maximum Gasteiger partial charge on any atom is 0.226 e. The Kier molecular flexibility index (Phi) is 4.24. The van der Waals surface area contributed by atoms with Crippen LogP contribution in [-0.2, 0) is 11.3 Å². The van der Waals surface area contributed by atoms with Gasteiger partial charge in [0, 0.05) is 24.8 Å². The van der Waals surface area contributed by atoms with Gasteiger partial charge in [-0.3, -0.25) is 9.48 Å². The number of nitrogens with one attached hydrogen (secondary N) is 1. The van der Waals surface area contributed by atoms with Crippen LogP contribution in [0, 0.1) is 12.7 Å². The molecule has 3 N–H and O–H groups in total. The van der Waals surface area contributed by atoms with E-state index in [0.717, 1.165) is 0 Å². The minimum atomic E-state index is -0.523. The second kappa shape index (κ2) is 5.92. The van der Waals surface area contributed by atoms with Crippen LogP contribution in [-0.4, -0.2) is 15.7 Å². The smallest absolute Gasteiger partial charge is 0.226 e. The van der Waals surface area contributed by atoms with Crippen molar-refractivity contribution in [3.8, 4) is 0 Å². The lowest BCUT2D eigenvalue weighted by Gasteiger charge is -2.07. The number of hydrogen-bond donors (Lipinski definition) is 2. The van der Waals surface area contributed by atoms with E-state index in [1.807, 2.05) is 0 Å². The van der Waals surface area contributed by atoms with E-state index in [0.29, 0.717) is 22.9 Å². The van der Waals surface area contributed by atoms with Gasteiger partial charge in [-0.25, -0.2) is 4.39 Å². The van der Waals surface area contributed by atoms with Crippen LogP contribution in [0.5, 0.6) is 0 Å². The molecule has 0 unspecified atom stereocenters. The van der Waals surface area contributed by atoms with Gasteiger partial charge in [0.1, 0.15) is 5.82 Å². The molecule has 106 valence electrons. The van der Waals surface area contributed by atoms with Crippen molar-refractivity contribution in [3.63, 3.8) is 0 Å². The first-order chi connectivity index (χ1) is 9.45. The number of halogens is 2. The third-order valence-electron chi connectivity index (χ3n) is 2.72. The summed E-state index contributed by atoms with van der Waals surface area (Å²) in [5, 5.41) is 7.15. The first-order valence-electron chi connectivity index (χ1n) is 6.00. The summed E-state index contributed by atoms with van der Waals surface area (Å²) in [6.45, 7) is 2.14. The van der Waals surface area contributed by atoms with Crippen molar-refractivity contribution in [1.29, 1.82) is 0 Å². The molecule has 0 aliphatic carbocycles. The maximum atomic E-state index is 13.4. The fourth-order valence-electron chi connectivity index (χ4n) is 1.68. The lowest BCUT2D eigenvalue weighted by molar-refractivity contribution is -0.116. The summed E-state index contributed by atoms with van der Waals surface area (Å²) in [6.07, 6.45) is 1.80. The lowest BCUT2D eigenvalue weighted by atomic mass is 10.2. The molecule has 0 radical (unpaired) electrons. The van der Waals surface area contributed by atoms with Gasteiger partial charge in [-0.1, -0.05) is 11.6 Å². The molecule has 0 saturated carbocycles. The second-order valence-corrected chi connectivity index (χ2v) is 4.77. The standard InChI is InChI=1S/C13H14ClFN4O/c1-8-10(14)7-19(18-8)5-4-13(20)17-12-6-9(16)2-3-11(12)15/h2-3,6-7H,4-5,16H2,1H3,(H,17,20). The Bertz CT molecular complexity index is 622. The molecular weight excluding hydrogens is 283 g/mol. The molecule has 0 saturated heterocycles. The van der Waals surface area contributed by atoms with Gasteiger partial charge in [0.25, 0.3) is 0 Å². The molecule has 0 fully saturated rings. The van der Waals surface area contributed by atoms with Crippen molar-refractivity contribution in [1.82, 2.24) is 9.78 Å². The molecule has 2 aromatic rings. The predicted molar refractivity (Wildman–Crippen MR) is 76.0 cm³/mol. The number of nitrogen functional groups attached to an aromatic ring is 1. The average molecular weight is 297 g/mol. The number of benzene rings is 1. The van der Waals surface area contributed by atoms with Crippen molar-refractivity contribution in [2.75, 3.05) is 11.1 Å². The van der Waals surface area contributed by atoms with Crippen molar-refractivity contribution < 1.29 is 9.18 Å². The minimum Gasteiger partial charge on any atom is -0.399 e. The maximum absolute atomic E-state index is 13.4. The van der Waals surface area contributed by atoms with Crippen LogP contribution in [0.4, 0.5) is 15.8 Å². The molecule has 20 heavy (non-hydrogen) atoms. The molecule has 0 aliphatic heterocycles. The quantitative estimate of drug-likeness (QED) is 0.852. The Hall–Kier alpha value is -2.08. The summed E-state index contributed by atoms with van der Waals surface area (Å²) >= 11 is 5.87. The zero-order valence-electron chi connectivity index (χ0n) is 10.9. The molecule has 1 aromatic carbocycles. The van der Waals surface area contributed by atoms with Crippen LogP contribution < -0.4 is 11.1 Å². The van der Waals surface area contributed by atoms with Gasteiger partial charge < -0.3 is 11.1 Å². The number of amides is 1. The summed E-state index contributed by atoms with van der Waals surface area (Å²) in [5.41, 5.74) is 6.70. The van der Waals surface area contributed by atoms with Crippen LogP contribution in [0.1, 0.15) is 12.1 Å². The molecule has 1 aromatic heterocycles. The highest BCUT2D eigenvalue weighted by atomic mass is 35.5. The highest BCUT2D eigenvalue weighted by molar-refractivity contribution is 6.31. The summed E-state index contributed by atoms with van der Waals surface area (Å²) in [4.78, 5) is 11.7. The summed E-state index contributed by atoms with van der Waals surface area (Å²) in [5.74, 6) is -0.843. The Balaban J connectivity index is 1.94. The first kappa shape index (κ1) is 14.3. The van der Waals surface area contributed by atoms with Crippen molar-refractivity contribution in [2.45, 2.75) is 19.9 Å². The molecule has 0 atom stereocenters. The van der Waals surface area contributed by atoms with Gasteiger partial charge >= 0.3 is 0 Å². The molecule has 5 nitrogen and oxygen atoms in total. The fourth-order valence-corrected chi connectivity index (χ4v) is 1.83. The van der Waals surface area contributed by atoms with Crippen LogP contribution >= 0.6 is 11.6 Å². The zero-order valence-corrected chi connectivity index (χ0v) is 11.6. The van der Waals surface area contributed by atoms with Crippen LogP contribution in [0.25, 0.3) is 0 Å². The van der Waals surface area contributed by atoms with Crippen LogP contribution in [0.15, 0.2) is 24.4 Å². The van der Waals surface area contributed by atoms with Gasteiger partial charge in [-0.15, -0.1) is 0 Å². The Morgan fingerprint density at radius 3 is 2.95 bits per heavy atom. The molecule has 0 spiro atoms. The number of nitrogens with zero attached hydrogens (tertiary/aromatic N) is 2. The largest absolute Gasteiger partial charge is 0.399 e. The number of nitrogens with two attached hydrogens (primary N) is 1. The molecular formula is C13H14ClFN4O. The summed E-state index contributed by atoms with van der Waals surface area (Å²) < 4.78 is 15.0. The molecule has 2 rings (SSSR count). The van der Waals surface area contributed by atoms with Crippen molar-refractivity contribution >= 4 is 28.9 Å². The number of rotatable bonds is 4. The Morgan fingerprint density at radius 2 is 2.30 bits per heavy atom. The highest BCUT2D eigenvalue weighted by Gasteiger charge is 2.09. The van der Waals surface area contributed by atoms with E-state index < -0.39 is 5.82 Å². The van der Waals surface area contributed by atoms with Gasteiger partial charge in [0.2, 0.25) is 5.91 Å². The molecule has 0 bridgehead atoms. The van der Waals surface area contributed by atoms with Crippen molar-refractivity contribution in [3.05, 3.63) is 40.9 Å². The number of anilines is 2. The van der Waals surface area contributed by atoms with E-state index in [1.165, 1.54) is 18.2 Å². The second-order valence-electron chi connectivity index (χ2n) is 4.36. The zero-order chi connectivity index (χ0) is 14.7. The number of carbonyl (C=O) groups is 1. The third kappa shape index (κ3) is 3.48. The van der Waals surface area contributed by atoms with E-state index in [-0.39, 0.29) is 18.0 Å². The molecule has 1 amide bonds. The normalized spacial score (nSPS) is 10.6. The van der Waals surface area contributed by atoms with Gasteiger partial charge in [0.05, 0.1) is 16.4 Å². The number of aromatic nitrogens is 2. The topological polar surface area (TPSA) is 72.9 Å². The third-order valence-corrected chi connectivity index (χ3v) is 3.09. The molecule has 7 heteroatoms. The lowest BCUT2D eigenvalue weighted by Crippen LogP contribution is -2.15. The van der Waals surface area contributed by atoms with E-state index in [1.54, 1.807) is 17.8 Å². The highest BCUT2D eigenvalue weighted by Crippen LogP contribution is 2.18. The van der Waals surface area contributed by atoms with Crippen LogP contribution in [0.2, 0.25) is 5.02 Å². The Labute approximate surface area is 120 Å².